The fraction of sp³-hybridized carbons (Fsp3) is 0.333. The summed E-state index contributed by atoms with van der Waals surface area (Å²) >= 11 is 3.28. The van der Waals surface area contributed by atoms with Gasteiger partial charge in [0.1, 0.15) is 0 Å². The summed E-state index contributed by atoms with van der Waals surface area (Å²) in [4.78, 5) is 8.38. The molecule has 0 saturated carbocycles. The third-order valence-corrected chi connectivity index (χ3v) is 3.12. The van der Waals surface area contributed by atoms with Crippen LogP contribution in [0.2, 0.25) is 0 Å². The van der Waals surface area contributed by atoms with Crippen molar-refractivity contribution >= 4 is 15.9 Å². The highest BCUT2D eigenvalue weighted by molar-refractivity contribution is 9.10. The Morgan fingerprint density at radius 1 is 1.33 bits per heavy atom. The molecule has 2 rings (SSSR count). The standard InChI is InChI=1S/C15H17BrFN3O/c1-10(2)6-18-7-12-8-19-9-15(20-12)21-14-5-11(16)3-4-13(14)17/h3-5,8-10,18H,6-7H2,1-2H3. The van der Waals surface area contributed by atoms with Crippen molar-refractivity contribution in [1.82, 2.24) is 15.3 Å². The lowest BCUT2D eigenvalue weighted by Gasteiger charge is -2.09. The van der Waals surface area contributed by atoms with Gasteiger partial charge in [0.05, 0.1) is 11.9 Å². The maximum atomic E-state index is 13.6. The first-order chi connectivity index (χ1) is 10.0. The Morgan fingerprint density at radius 3 is 2.90 bits per heavy atom. The third kappa shape index (κ3) is 5.06. The summed E-state index contributed by atoms with van der Waals surface area (Å²) in [6, 6.07) is 4.50. The van der Waals surface area contributed by atoms with E-state index >= 15 is 0 Å². The molecule has 0 fully saturated rings. The van der Waals surface area contributed by atoms with Gasteiger partial charge >= 0.3 is 0 Å². The summed E-state index contributed by atoms with van der Waals surface area (Å²) < 4.78 is 19.8. The lowest BCUT2D eigenvalue weighted by molar-refractivity contribution is 0.422. The van der Waals surface area contributed by atoms with Crippen molar-refractivity contribution in [2.75, 3.05) is 6.54 Å². The Morgan fingerprint density at radius 2 is 2.14 bits per heavy atom. The molecule has 0 aliphatic rings. The number of nitrogens with zero attached hydrogens (tertiary/aromatic N) is 2. The molecule has 0 spiro atoms. The number of nitrogens with one attached hydrogen (secondary N) is 1. The van der Waals surface area contributed by atoms with E-state index in [0.717, 1.165) is 16.7 Å². The second-order valence-electron chi connectivity index (χ2n) is 5.05. The van der Waals surface area contributed by atoms with Crippen LogP contribution in [-0.2, 0) is 6.54 Å². The largest absolute Gasteiger partial charge is 0.434 e. The minimum absolute atomic E-state index is 0.117. The highest BCUT2D eigenvalue weighted by atomic mass is 79.9. The average Bonchev–Trinajstić information content (AvgIpc) is 2.43. The van der Waals surface area contributed by atoms with E-state index in [0.29, 0.717) is 12.5 Å². The van der Waals surface area contributed by atoms with Crippen LogP contribution in [-0.4, -0.2) is 16.5 Å². The van der Waals surface area contributed by atoms with Crippen molar-refractivity contribution < 1.29 is 9.13 Å². The predicted molar refractivity (Wildman–Crippen MR) is 82.8 cm³/mol. The van der Waals surface area contributed by atoms with Crippen molar-refractivity contribution in [2.45, 2.75) is 20.4 Å². The topological polar surface area (TPSA) is 47.0 Å². The summed E-state index contributed by atoms with van der Waals surface area (Å²) in [6.45, 7) is 5.76. The van der Waals surface area contributed by atoms with Crippen molar-refractivity contribution in [2.24, 2.45) is 5.92 Å². The van der Waals surface area contributed by atoms with Crippen molar-refractivity contribution in [3.63, 3.8) is 0 Å². The molecule has 6 heteroatoms. The Kier molecular flexibility index (Phi) is 5.64. The van der Waals surface area contributed by atoms with Gasteiger partial charge in [-0.1, -0.05) is 29.8 Å². The number of hydrogen-bond acceptors (Lipinski definition) is 4. The zero-order valence-electron chi connectivity index (χ0n) is 11.9. The molecule has 0 radical (unpaired) electrons. The third-order valence-electron chi connectivity index (χ3n) is 2.63. The SMILES string of the molecule is CC(C)CNCc1cncc(Oc2cc(Br)ccc2F)n1. The average molecular weight is 354 g/mol. The molecule has 0 atom stereocenters. The summed E-state index contributed by atoms with van der Waals surface area (Å²) in [7, 11) is 0. The van der Waals surface area contributed by atoms with Gasteiger partial charge in [-0.25, -0.2) is 9.37 Å². The van der Waals surface area contributed by atoms with Gasteiger partial charge in [0, 0.05) is 17.2 Å². The number of halogens is 2. The zero-order valence-corrected chi connectivity index (χ0v) is 13.5. The number of aromatic nitrogens is 2. The van der Waals surface area contributed by atoms with Crippen molar-refractivity contribution in [3.8, 4) is 11.6 Å². The highest BCUT2D eigenvalue weighted by Gasteiger charge is 2.07. The molecule has 0 aliphatic heterocycles. The first-order valence-corrected chi connectivity index (χ1v) is 7.48. The molecule has 0 aliphatic carbocycles. The lowest BCUT2D eigenvalue weighted by Crippen LogP contribution is -2.19. The van der Waals surface area contributed by atoms with Gasteiger partial charge in [-0.3, -0.25) is 4.98 Å². The molecule has 21 heavy (non-hydrogen) atoms. The number of rotatable bonds is 6. The summed E-state index contributed by atoms with van der Waals surface area (Å²) in [5, 5.41) is 3.27. The minimum atomic E-state index is -0.441. The van der Waals surface area contributed by atoms with Gasteiger partial charge in [0.25, 0.3) is 0 Å². The van der Waals surface area contributed by atoms with E-state index < -0.39 is 5.82 Å². The maximum Gasteiger partial charge on any atom is 0.238 e. The minimum Gasteiger partial charge on any atom is -0.434 e. The van der Waals surface area contributed by atoms with Gasteiger partial charge in [0.15, 0.2) is 11.6 Å². The smallest absolute Gasteiger partial charge is 0.238 e. The second-order valence-corrected chi connectivity index (χ2v) is 5.97. The molecule has 1 aromatic carbocycles. The van der Waals surface area contributed by atoms with E-state index in [4.69, 9.17) is 4.74 Å². The molecule has 0 bridgehead atoms. The molecular weight excluding hydrogens is 337 g/mol. The molecule has 1 heterocycles. The van der Waals surface area contributed by atoms with Crippen molar-refractivity contribution in [3.05, 3.63) is 46.6 Å². The fourth-order valence-electron chi connectivity index (χ4n) is 1.68. The molecule has 2 aromatic rings. The van der Waals surface area contributed by atoms with Crippen LogP contribution in [0.3, 0.4) is 0 Å². The van der Waals surface area contributed by atoms with E-state index in [-0.39, 0.29) is 11.6 Å². The summed E-state index contributed by atoms with van der Waals surface area (Å²) in [5.74, 6) is 0.512. The second kappa shape index (κ2) is 7.47. The Bertz CT molecular complexity index is 607. The zero-order chi connectivity index (χ0) is 15.2. The lowest BCUT2D eigenvalue weighted by atomic mass is 10.2. The Balaban J connectivity index is 2.05. The molecule has 0 saturated heterocycles. The van der Waals surface area contributed by atoms with E-state index in [1.807, 2.05) is 0 Å². The van der Waals surface area contributed by atoms with Gasteiger partial charge in [-0.15, -0.1) is 0 Å². The molecular formula is C15H17BrFN3O. The number of benzene rings is 1. The molecule has 1 N–H and O–H groups in total. The van der Waals surface area contributed by atoms with Crippen LogP contribution in [0.15, 0.2) is 35.1 Å². The summed E-state index contributed by atoms with van der Waals surface area (Å²) in [5.41, 5.74) is 0.753. The van der Waals surface area contributed by atoms with Crippen LogP contribution < -0.4 is 10.1 Å². The van der Waals surface area contributed by atoms with Crippen LogP contribution in [0.4, 0.5) is 4.39 Å². The monoisotopic (exact) mass is 353 g/mol. The van der Waals surface area contributed by atoms with Crippen LogP contribution in [0.5, 0.6) is 11.6 Å². The quantitative estimate of drug-likeness (QED) is 0.854. The number of ether oxygens (including phenoxy) is 1. The van der Waals surface area contributed by atoms with Crippen LogP contribution in [0.1, 0.15) is 19.5 Å². The highest BCUT2D eigenvalue weighted by Crippen LogP contribution is 2.26. The molecule has 4 nitrogen and oxygen atoms in total. The van der Waals surface area contributed by atoms with Gasteiger partial charge < -0.3 is 10.1 Å². The normalized spacial score (nSPS) is 10.9. The first-order valence-electron chi connectivity index (χ1n) is 6.69. The van der Waals surface area contributed by atoms with Crippen LogP contribution in [0, 0.1) is 11.7 Å². The van der Waals surface area contributed by atoms with E-state index in [2.05, 4.69) is 45.1 Å². The van der Waals surface area contributed by atoms with E-state index in [1.54, 1.807) is 18.3 Å². The van der Waals surface area contributed by atoms with Crippen molar-refractivity contribution in [1.29, 1.82) is 0 Å². The van der Waals surface area contributed by atoms with E-state index in [1.165, 1.54) is 12.3 Å². The maximum absolute atomic E-state index is 13.6. The predicted octanol–water partition coefficient (Wildman–Crippen LogP) is 3.92. The van der Waals surface area contributed by atoms with Gasteiger partial charge in [-0.2, -0.15) is 0 Å². The Hall–Kier alpha value is -1.53. The van der Waals surface area contributed by atoms with Gasteiger partial charge in [0.2, 0.25) is 5.88 Å². The van der Waals surface area contributed by atoms with Crippen LogP contribution in [0.25, 0.3) is 0 Å². The Labute approximate surface area is 131 Å². The van der Waals surface area contributed by atoms with Gasteiger partial charge in [-0.05, 0) is 30.7 Å². The first kappa shape index (κ1) is 15.9. The summed E-state index contributed by atoms with van der Waals surface area (Å²) in [6.07, 6.45) is 3.13. The van der Waals surface area contributed by atoms with Crippen LogP contribution >= 0.6 is 15.9 Å². The molecule has 0 unspecified atom stereocenters. The number of hydrogen-bond donors (Lipinski definition) is 1. The fourth-order valence-corrected chi connectivity index (χ4v) is 2.02. The molecule has 1 aromatic heterocycles. The van der Waals surface area contributed by atoms with E-state index in [9.17, 15) is 4.39 Å². The molecule has 0 amide bonds. The molecule has 112 valence electrons.